The maximum Gasteiger partial charge on any atom is 0.343 e. The highest BCUT2D eigenvalue weighted by Gasteiger charge is 2.13. The zero-order valence-corrected chi connectivity index (χ0v) is 18.5. The number of benzene rings is 3. The highest BCUT2D eigenvalue weighted by Crippen LogP contribution is 2.24. The van der Waals surface area contributed by atoms with Gasteiger partial charge in [-0.25, -0.2) is 4.79 Å². The first-order chi connectivity index (χ1) is 15.0. The molecule has 0 bridgehead atoms. The fourth-order valence-electron chi connectivity index (χ4n) is 3.55. The number of rotatable bonds is 8. The van der Waals surface area contributed by atoms with E-state index in [1.807, 2.05) is 24.3 Å². The molecule has 3 aromatic carbocycles. The highest BCUT2D eigenvalue weighted by atomic mass is 16.5. The molecule has 0 aliphatic rings. The van der Waals surface area contributed by atoms with Crippen molar-refractivity contribution in [2.24, 2.45) is 5.92 Å². The van der Waals surface area contributed by atoms with Crippen LogP contribution in [-0.2, 0) is 12.8 Å². The van der Waals surface area contributed by atoms with E-state index < -0.39 is 5.97 Å². The van der Waals surface area contributed by atoms with Crippen LogP contribution >= 0.6 is 0 Å². The van der Waals surface area contributed by atoms with E-state index in [9.17, 15) is 10.1 Å². The Morgan fingerprint density at radius 3 is 2.13 bits per heavy atom. The van der Waals surface area contributed by atoms with Crippen LogP contribution in [0.5, 0.6) is 5.75 Å². The van der Waals surface area contributed by atoms with Crippen LogP contribution in [0.1, 0.15) is 60.7 Å². The third-order valence-electron chi connectivity index (χ3n) is 5.24. The van der Waals surface area contributed by atoms with Crippen LogP contribution in [0, 0.1) is 17.2 Å². The summed E-state index contributed by atoms with van der Waals surface area (Å²) in [5.41, 5.74) is 5.42. The van der Waals surface area contributed by atoms with Crippen molar-refractivity contribution in [2.75, 3.05) is 0 Å². The summed E-state index contributed by atoms with van der Waals surface area (Å²) in [7, 11) is 0. The Balaban J connectivity index is 1.70. The fourth-order valence-corrected chi connectivity index (χ4v) is 3.55. The number of aryl methyl sites for hydroxylation is 1. The molecule has 3 rings (SSSR count). The van der Waals surface area contributed by atoms with Crippen molar-refractivity contribution >= 4 is 5.97 Å². The van der Waals surface area contributed by atoms with Gasteiger partial charge in [0.15, 0.2) is 0 Å². The van der Waals surface area contributed by atoms with Gasteiger partial charge in [0, 0.05) is 0 Å². The van der Waals surface area contributed by atoms with Crippen molar-refractivity contribution < 1.29 is 9.53 Å². The molecule has 0 aromatic heterocycles. The van der Waals surface area contributed by atoms with E-state index in [1.165, 1.54) is 5.56 Å². The zero-order chi connectivity index (χ0) is 22.2. The van der Waals surface area contributed by atoms with Gasteiger partial charge in [0.05, 0.1) is 11.1 Å². The Morgan fingerprint density at radius 1 is 0.935 bits per heavy atom. The van der Waals surface area contributed by atoms with Crippen LogP contribution < -0.4 is 4.74 Å². The molecular formula is C28H29NO2. The third-order valence-corrected chi connectivity index (χ3v) is 5.24. The van der Waals surface area contributed by atoms with E-state index in [2.05, 4.69) is 51.1 Å². The number of hydrogen-bond acceptors (Lipinski definition) is 3. The molecule has 0 spiro atoms. The normalized spacial score (nSPS) is 10.7. The number of esters is 1. The lowest BCUT2D eigenvalue weighted by Gasteiger charge is -2.09. The van der Waals surface area contributed by atoms with Crippen LogP contribution in [0.4, 0.5) is 0 Å². The second-order valence-electron chi connectivity index (χ2n) is 8.31. The molecule has 0 N–H and O–H groups in total. The topological polar surface area (TPSA) is 50.1 Å². The molecule has 0 aliphatic heterocycles. The molecule has 0 amide bonds. The molecule has 158 valence electrons. The minimum absolute atomic E-state index is 0.303. The number of hydrogen-bond donors (Lipinski definition) is 0. The maximum atomic E-state index is 12.6. The van der Waals surface area contributed by atoms with Crippen molar-refractivity contribution in [2.45, 2.75) is 46.5 Å². The number of ether oxygens (including phenoxy) is 1. The van der Waals surface area contributed by atoms with E-state index in [1.54, 1.807) is 18.2 Å². The molecule has 3 nitrogen and oxygen atoms in total. The van der Waals surface area contributed by atoms with Crippen molar-refractivity contribution in [3.63, 3.8) is 0 Å². The molecule has 3 aromatic rings. The monoisotopic (exact) mass is 411 g/mol. The highest BCUT2D eigenvalue weighted by molar-refractivity contribution is 5.92. The van der Waals surface area contributed by atoms with Gasteiger partial charge in [0.2, 0.25) is 0 Å². The van der Waals surface area contributed by atoms with Crippen molar-refractivity contribution in [1.29, 1.82) is 5.26 Å². The predicted molar refractivity (Wildman–Crippen MR) is 125 cm³/mol. The second-order valence-corrected chi connectivity index (χ2v) is 8.31. The summed E-state index contributed by atoms with van der Waals surface area (Å²) in [4.78, 5) is 12.6. The van der Waals surface area contributed by atoms with Crippen molar-refractivity contribution in [3.8, 4) is 22.9 Å². The van der Waals surface area contributed by atoms with Crippen LogP contribution in [0.25, 0.3) is 11.1 Å². The number of carbonyl (C=O) groups is 1. The van der Waals surface area contributed by atoms with E-state index in [0.717, 1.165) is 42.4 Å². The molecule has 0 atom stereocenters. The first-order valence-corrected chi connectivity index (χ1v) is 10.9. The standard InChI is InChI=1S/C28H29NO2/c1-4-5-6-21-9-16-27(26(18-21)19-29)31-28(30)25-14-12-24(13-15-25)23-10-7-22(8-11-23)17-20(2)3/h7-16,18,20H,4-6,17H2,1-3H3. The summed E-state index contributed by atoms with van der Waals surface area (Å²) >= 11 is 0. The average Bonchev–Trinajstić information content (AvgIpc) is 2.78. The SMILES string of the molecule is CCCCc1ccc(OC(=O)c2ccc(-c3ccc(CC(C)C)cc3)cc2)c(C#N)c1. The van der Waals surface area contributed by atoms with Crippen molar-refractivity contribution in [3.05, 3.63) is 89.0 Å². The van der Waals surface area contributed by atoms with Gasteiger partial charge >= 0.3 is 5.97 Å². The summed E-state index contributed by atoms with van der Waals surface area (Å²) in [6.07, 6.45) is 4.14. The van der Waals surface area contributed by atoms with Crippen LogP contribution in [-0.4, -0.2) is 5.97 Å². The van der Waals surface area contributed by atoms with E-state index in [-0.39, 0.29) is 0 Å². The van der Waals surface area contributed by atoms with Gasteiger partial charge in [-0.1, -0.05) is 69.7 Å². The molecule has 0 heterocycles. The van der Waals surface area contributed by atoms with Gasteiger partial charge in [-0.15, -0.1) is 0 Å². The minimum atomic E-state index is -0.461. The van der Waals surface area contributed by atoms with Crippen LogP contribution in [0.2, 0.25) is 0 Å². The number of nitriles is 1. The first kappa shape index (κ1) is 22.3. The van der Waals surface area contributed by atoms with Gasteiger partial charge in [0.1, 0.15) is 11.8 Å². The molecule has 0 aliphatic carbocycles. The molecule has 0 saturated heterocycles. The maximum absolute atomic E-state index is 12.6. The van der Waals surface area contributed by atoms with Crippen LogP contribution in [0.3, 0.4) is 0 Å². The Hall–Kier alpha value is -3.38. The quantitative estimate of drug-likeness (QED) is 0.296. The molecule has 0 fully saturated rings. The Morgan fingerprint density at radius 2 is 1.55 bits per heavy atom. The lowest BCUT2D eigenvalue weighted by Crippen LogP contribution is -2.09. The van der Waals surface area contributed by atoms with Crippen molar-refractivity contribution in [1.82, 2.24) is 0 Å². The molecular weight excluding hydrogens is 382 g/mol. The summed E-state index contributed by atoms with van der Waals surface area (Å²) in [6, 6.07) is 23.5. The lowest BCUT2D eigenvalue weighted by atomic mass is 9.98. The molecule has 0 saturated carbocycles. The average molecular weight is 412 g/mol. The van der Waals surface area contributed by atoms with Gasteiger partial charge in [-0.3, -0.25) is 0 Å². The third kappa shape index (κ3) is 6.06. The fraction of sp³-hybridized carbons (Fsp3) is 0.286. The lowest BCUT2D eigenvalue weighted by molar-refractivity contribution is 0.0734. The number of unbranched alkanes of at least 4 members (excludes halogenated alkanes) is 1. The first-order valence-electron chi connectivity index (χ1n) is 10.9. The largest absolute Gasteiger partial charge is 0.422 e. The summed E-state index contributed by atoms with van der Waals surface area (Å²) in [5.74, 6) is 0.472. The smallest absolute Gasteiger partial charge is 0.343 e. The summed E-state index contributed by atoms with van der Waals surface area (Å²) in [5, 5.41) is 9.44. The second kappa shape index (κ2) is 10.6. The molecule has 3 heteroatoms. The van der Waals surface area contributed by atoms with Crippen LogP contribution in [0.15, 0.2) is 66.7 Å². The van der Waals surface area contributed by atoms with Gasteiger partial charge in [-0.2, -0.15) is 5.26 Å². The van der Waals surface area contributed by atoms with E-state index in [4.69, 9.17) is 4.74 Å². The predicted octanol–water partition coefficient (Wildman–Crippen LogP) is 6.99. The Bertz CT molecular complexity index is 1060. The summed E-state index contributed by atoms with van der Waals surface area (Å²) in [6.45, 7) is 6.56. The molecule has 0 radical (unpaired) electrons. The van der Waals surface area contributed by atoms with E-state index in [0.29, 0.717) is 22.8 Å². The zero-order valence-electron chi connectivity index (χ0n) is 18.5. The molecule has 31 heavy (non-hydrogen) atoms. The Kier molecular flexibility index (Phi) is 7.62. The van der Waals surface area contributed by atoms with Gasteiger partial charge < -0.3 is 4.74 Å². The van der Waals surface area contributed by atoms with Gasteiger partial charge in [0.25, 0.3) is 0 Å². The Labute approximate surface area is 185 Å². The summed E-state index contributed by atoms with van der Waals surface area (Å²) < 4.78 is 5.52. The number of nitrogens with zero attached hydrogens (tertiary/aromatic N) is 1. The minimum Gasteiger partial charge on any atom is -0.422 e. The number of carbonyl (C=O) groups excluding carboxylic acids is 1. The van der Waals surface area contributed by atoms with Gasteiger partial charge in [-0.05, 0) is 71.7 Å². The molecule has 0 unspecified atom stereocenters. The van der Waals surface area contributed by atoms with E-state index >= 15 is 0 Å².